The molecule has 2 bridgehead atoms. The second kappa shape index (κ2) is 28.0. The number of nitrogens with one attached hydrogen (secondary N) is 11. The number of aromatic nitrogens is 4. The maximum absolute atomic E-state index is 14.8. The first-order valence-electron chi connectivity index (χ1n) is 26.9. The van der Waals surface area contributed by atoms with Crippen molar-refractivity contribution in [1.29, 1.82) is 0 Å². The topological polar surface area (TPSA) is 394 Å². The van der Waals surface area contributed by atoms with Crippen molar-refractivity contribution in [3.8, 4) is 5.75 Å². The van der Waals surface area contributed by atoms with E-state index in [9.17, 15) is 66.9 Å². The zero-order valence-electron chi connectivity index (χ0n) is 45.4. The highest BCUT2D eigenvalue weighted by molar-refractivity contribution is 5.99. The monoisotopic (exact) mass is 1170 g/mol. The Balaban J connectivity index is 1.14. The Labute approximate surface area is 482 Å². The van der Waals surface area contributed by atoms with Gasteiger partial charge in [-0.15, -0.1) is 0 Å². The molecule has 444 valence electrons. The van der Waals surface area contributed by atoms with Gasteiger partial charge in [-0.2, -0.15) is 0 Å². The van der Waals surface area contributed by atoms with Crippen LogP contribution in [0.4, 0.5) is 8.78 Å². The molecule has 25 nitrogen and oxygen atoms in total. The smallest absolute Gasteiger partial charge is 0.305 e. The largest absolute Gasteiger partial charge is 0.508 e. The molecular weight excluding hydrogens is 1110 g/mol. The van der Waals surface area contributed by atoms with Crippen molar-refractivity contribution < 1.29 is 66.9 Å². The van der Waals surface area contributed by atoms with Crippen molar-refractivity contribution in [2.24, 2.45) is 5.73 Å². The highest BCUT2D eigenvalue weighted by atomic mass is 19.1. The van der Waals surface area contributed by atoms with E-state index in [0.717, 1.165) is 6.07 Å². The Morgan fingerprint density at radius 2 is 1.08 bits per heavy atom. The molecule has 7 aromatic rings. The number of aromatic hydroxyl groups is 1. The number of H-pyrrole nitrogens is 3. The van der Waals surface area contributed by atoms with Crippen LogP contribution in [0.25, 0.3) is 21.8 Å². The molecule has 4 heterocycles. The Hall–Kier alpha value is -10.5. The fraction of sp³-hybridized carbons (Fsp3) is 0.293. The van der Waals surface area contributed by atoms with Crippen LogP contribution in [-0.4, -0.2) is 132 Å². The number of hydrogen-bond donors (Lipinski definition) is 14. The fourth-order valence-corrected chi connectivity index (χ4v) is 9.67. The summed E-state index contributed by atoms with van der Waals surface area (Å²) in [5, 5.41) is 41.2. The van der Waals surface area contributed by atoms with E-state index < -0.39 is 133 Å². The van der Waals surface area contributed by atoms with Crippen LogP contribution in [0.3, 0.4) is 0 Å². The Bertz CT molecular complexity index is 3630. The maximum atomic E-state index is 14.8. The number of hydrogen-bond acceptors (Lipinski definition) is 12. The SMILES string of the molecule is NC(=O)[C@@H]1Cc2cccc(c2)CNC(=O)CCCC(=O)NCC(=O)N[C@@H](Cc2c[nH]c3ccc(F)cc23)C(=O)N[C@@H](Cc2c[nH]c3ccc(F)cc23)C(=O)N[C@@H](CC(=O)O)C(=O)N[C@@H](Cc2ncc[nH]2)C(=O)N[C@@H](Cc2ccc(O)cc2)C(=O)N1. The Morgan fingerprint density at radius 3 is 1.65 bits per heavy atom. The summed E-state index contributed by atoms with van der Waals surface area (Å²) in [5.41, 5.74) is 8.82. The second-order valence-electron chi connectivity index (χ2n) is 20.4. The molecule has 0 spiro atoms. The summed E-state index contributed by atoms with van der Waals surface area (Å²) in [4.78, 5) is 151. The number of rotatable bonds is 11. The average molecular weight is 1170 g/mol. The average Bonchev–Trinajstić information content (AvgIpc) is 3.31. The number of phenols is 1. The standard InChI is InChI=1S/C58H61F2N13O12/c59-35-9-13-40-38(22-35)33(27-64-40)20-44-55(82)71-45(21-34-28-65-41-14-10-36(60)23-39(34)41)56(83)73-47(25-52(78)79)58(85)72-46(24-48-62-15-16-63-48)57(84)70-43(18-30-7-11-37(74)12-8-30)54(81)69-42(53(61)80)19-31-3-1-4-32(17-31)26-66-49(75)5-2-6-50(76)67-29-51(77)68-44/h1,3-4,7-17,22-23,27-28,42-47,64-65,74H,2,5-6,18-21,24-26,29H2,(H2,61,80)(H,62,63)(H,66,75)(H,67,76)(H,68,77)(H,69,81)(H,70,84)(H,71,82)(H,72,85)(H,73,83)(H,78,79)/t42-,43-,44-,45-,46-,47-/m0/s1. The summed E-state index contributed by atoms with van der Waals surface area (Å²) in [6.07, 6.45) is 2.71. The van der Waals surface area contributed by atoms with Crippen LogP contribution in [0.1, 0.15) is 59.3 Å². The molecule has 3 aromatic heterocycles. The van der Waals surface area contributed by atoms with Gasteiger partial charge in [-0.25, -0.2) is 13.8 Å². The molecule has 0 saturated carbocycles. The third-order valence-corrected chi connectivity index (χ3v) is 14.0. The molecule has 0 aliphatic carbocycles. The first-order valence-corrected chi connectivity index (χ1v) is 26.9. The minimum absolute atomic E-state index is 0.0242. The van der Waals surface area contributed by atoms with Gasteiger partial charge < -0.3 is 73.4 Å². The van der Waals surface area contributed by atoms with E-state index in [-0.39, 0.29) is 67.6 Å². The molecule has 9 amide bonds. The van der Waals surface area contributed by atoms with Gasteiger partial charge >= 0.3 is 5.97 Å². The van der Waals surface area contributed by atoms with E-state index in [0.29, 0.717) is 38.7 Å². The number of halogens is 2. The lowest BCUT2D eigenvalue weighted by molar-refractivity contribution is -0.141. The van der Waals surface area contributed by atoms with E-state index in [2.05, 4.69) is 62.5 Å². The molecule has 85 heavy (non-hydrogen) atoms. The molecule has 15 N–H and O–H groups in total. The van der Waals surface area contributed by atoms with Crippen molar-refractivity contribution in [3.05, 3.63) is 155 Å². The number of aliphatic carboxylic acids is 1. The lowest BCUT2D eigenvalue weighted by atomic mass is 10.0. The molecule has 1 aliphatic heterocycles. The number of carbonyl (C=O) groups is 10. The molecule has 27 heteroatoms. The maximum Gasteiger partial charge on any atom is 0.305 e. The van der Waals surface area contributed by atoms with E-state index in [1.54, 1.807) is 24.3 Å². The first kappa shape index (κ1) is 60.6. The lowest BCUT2D eigenvalue weighted by Crippen LogP contribution is -2.61. The number of nitrogens with two attached hydrogens (primary N) is 1. The van der Waals surface area contributed by atoms with Crippen LogP contribution < -0.4 is 48.3 Å². The minimum Gasteiger partial charge on any atom is -0.508 e. The number of fused-ring (bicyclic) bond motifs is 4. The van der Waals surface area contributed by atoms with Gasteiger partial charge in [-0.1, -0.05) is 36.4 Å². The van der Waals surface area contributed by atoms with Gasteiger partial charge in [0.25, 0.3) is 0 Å². The number of benzene rings is 4. The van der Waals surface area contributed by atoms with Crippen molar-refractivity contribution >= 4 is 80.9 Å². The minimum atomic E-state index is -2.01. The van der Waals surface area contributed by atoms with Gasteiger partial charge in [0, 0.05) is 98.1 Å². The van der Waals surface area contributed by atoms with Gasteiger partial charge in [-0.3, -0.25) is 47.9 Å². The lowest BCUT2D eigenvalue weighted by Gasteiger charge is -2.27. The highest BCUT2D eigenvalue weighted by Crippen LogP contribution is 2.24. The van der Waals surface area contributed by atoms with E-state index >= 15 is 0 Å². The van der Waals surface area contributed by atoms with Crippen LogP contribution in [-0.2, 0) is 86.6 Å². The number of primary amides is 1. The second-order valence-corrected chi connectivity index (χ2v) is 20.4. The first-order chi connectivity index (χ1) is 40.7. The zero-order valence-corrected chi connectivity index (χ0v) is 45.4. The molecular formula is C58H61F2N13O12. The normalized spacial score (nSPS) is 20.5. The van der Waals surface area contributed by atoms with Gasteiger partial charge in [0.15, 0.2) is 0 Å². The Kier molecular flexibility index (Phi) is 20.0. The van der Waals surface area contributed by atoms with Gasteiger partial charge in [0.05, 0.1) is 13.0 Å². The number of phenolic OH excluding ortho intramolecular Hbond substituents is 1. The molecule has 0 saturated heterocycles. The van der Waals surface area contributed by atoms with Crippen molar-refractivity contribution in [3.63, 3.8) is 0 Å². The molecule has 8 rings (SSSR count). The van der Waals surface area contributed by atoms with Crippen LogP contribution in [0.5, 0.6) is 5.75 Å². The van der Waals surface area contributed by atoms with E-state index in [1.165, 1.54) is 79.4 Å². The number of amides is 9. The molecule has 4 aromatic carbocycles. The summed E-state index contributed by atoms with van der Waals surface area (Å²) in [6, 6.07) is 9.97. The summed E-state index contributed by atoms with van der Waals surface area (Å²) in [5.74, 6) is -11.2. The van der Waals surface area contributed by atoms with Crippen molar-refractivity contribution in [2.45, 2.75) is 101 Å². The number of imidazole rings is 1. The summed E-state index contributed by atoms with van der Waals surface area (Å²) >= 11 is 0. The fourth-order valence-electron chi connectivity index (χ4n) is 9.67. The molecule has 0 fully saturated rings. The highest BCUT2D eigenvalue weighted by Gasteiger charge is 2.36. The molecule has 0 unspecified atom stereocenters. The van der Waals surface area contributed by atoms with Crippen molar-refractivity contribution in [1.82, 2.24) is 62.5 Å². The van der Waals surface area contributed by atoms with Crippen LogP contribution >= 0.6 is 0 Å². The number of aromatic amines is 3. The predicted molar refractivity (Wildman–Crippen MR) is 300 cm³/mol. The quantitative estimate of drug-likeness (QED) is 0.0848. The number of carboxylic acid groups (broad SMARTS) is 1. The van der Waals surface area contributed by atoms with Gasteiger partial charge in [0.1, 0.15) is 59.5 Å². The van der Waals surface area contributed by atoms with Gasteiger partial charge in [-0.05, 0) is 82.8 Å². The zero-order chi connectivity index (χ0) is 60.7. The third-order valence-electron chi connectivity index (χ3n) is 14.0. The van der Waals surface area contributed by atoms with E-state index in [1.807, 2.05) is 0 Å². The molecule has 1 aliphatic rings. The third kappa shape index (κ3) is 17.1. The van der Waals surface area contributed by atoms with Crippen LogP contribution in [0, 0.1) is 11.6 Å². The van der Waals surface area contributed by atoms with E-state index in [4.69, 9.17) is 5.73 Å². The molecule has 0 radical (unpaired) electrons. The number of carbonyl (C=O) groups excluding carboxylic acids is 9. The van der Waals surface area contributed by atoms with Crippen LogP contribution in [0.2, 0.25) is 0 Å². The number of carboxylic acids is 1. The summed E-state index contributed by atoms with van der Waals surface area (Å²) < 4.78 is 29.4. The van der Waals surface area contributed by atoms with Gasteiger partial charge in [0.2, 0.25) is 53.2 Å². The number of nitrogens with zero attached hydrogens (tertiary/aromatic N) is 1. The summed E-state index contributed by atoms with van der Waals surface area (Å²) in [6.45, 7) is -0.640. The Morgan fingerprint density at radius 1 is 0.565 bits per heavy atom. The summed E-state index contributed by atoms with van der Waals surface area (Å²) in [7, 11) is 0. The predicted octanol–water partition coefficient (Wildman–Crippen LogP) is 0.655. The molecule has 6 atom stereocenters. The van der Waals surface area contributed by atoms with Crippen molar-refractivity contribution in [2.75, 3.05) is 6.54 Å². The van der Waals surface area contributed by atoms with Crippen LogP contribution in [0.15, 0.2) is 110 Å².